The summed E-state index contributed by atoms with van der Waals surface area (Å²) in [4.78, 5) is 16.7. The van der Waals surface area contributed by atoms with Gasteiger partial charge in [-0.15, -0.1) is 0 Å². The number of ketones is 1. The van der Waals surface area contributed by atoms with Crippen LogP contribution in [0, 0.1) is 5.82 Å². The fourth-order valence-corrected chi connectivity index (χ4v) is 6.42. The van der Waals surface area contributed by atoms with Gasteiger partial charge in [0.2, 0.25) is 0 Å². The number of benzene rings is 3. The quantitative estimate of drug-likeness (QED) is 0.338. The molecular formula is C36H43FN2O2. The average Bonchev–Trinajstić information content (AvgIpc) is 3.03. The van der Waals surface area contributed by atoms with E-state index in [-0.39, 0.29) is 34.4 Å². The van der Waals surface area contributed by atoms with E-state index in [1.165, 1.54) is 12.1 Å². The Balaban J connectivity index is 1.77. The molecule has 1 heterocycles. The smallest absolute Gasteiger partial charge is 0.163 e. The third kappa shape index (κ3) is 5.51. The lowest BCUT2D eigenvalue weighted by molar-refractivity contribution is -0.116. The van der Waals surface area contributed by atoms with Crippen molar-refractivity contribution in [2.24, 2.45) is 0 Å². The van der Waals surface area contributed by atoms with Gasteiger partial charge in [-0.05, 0) is 88.2 Å². The van der Waals surface area contributed by atoms with Gasteiger partial charge >= 0.3 is 0 Å². The Bertz CT molecular complexity index is 1460. The van der Waals surface area contributed by atoms with Gasteiger partial charge in [0.1, 0.15) is 11.6 Å². The molecule has 3 aromatic carbocycles. The molecule has 0 saturated carbocycles. The molecule has 0 bridgehead atoms. The summed E-state index contributed by atoms with van der Waals surface area (Å²) in [6, 6.07) is 18.8. The number of phenols is 1. The van der Waals surface area contributed by atoms with Gasteiger partial charge in [-0.1, -0.05) is 72.7 Å². The van der Waals surface area contributed by atoms with Crippen LogP contribution in [0.25, 0.3) is 0 Å². The maximum atomic E-state index is 14.3. The van der Waals surface area contributed by atoms with Crippen LogP contribution in [0.2, 0.25) is 0 Å². The molecular weight excluding hydrogens is 511 g/mol. The summed E-state index contributed by atoms with van der Waals surface area (Å²) in [6.45, 7) is 15.7. The van der Waals surface area contributed by atoms with Crippen molar-refractivity contribution in [1.82, 2.24) is 0 Å². The van der Waals surface area contributed by atoms with Crippen LogP contribution in [0.15, 0.2) is 71.9 Å². The van der Waals surface area contributed by atoms with E-state index in [1.807, 2.05) is 12.1 Å². The molecule has 0 saturated heterocycles. The van der Waals surface area contributed by atoms with E-state index in [4.69, 9.17) is 0 Å². The number of Topliss-reactive ketones (excluding diaryl/α,β-unsaturated/α-hetero) is 1. The second-order valence-electron chi connectivity index (χ2n) is 13.7. The van der Waals surface area contributed by atoms with E-state index >= 15 is 0 Å². The van der Waals surface area contributed by atoms with E-state index in [9.17, 15) is 14.3 Å². The third-order valence-electron chi connectivity index (χ3n) is 8.46. The number of allylic oxidation sites excluding steroid dienone is 1. The Morgan fingerprint density at radius 1 is 0.902 bits per heavy atom. The highest BCUT2D eigenvalue weighted by molar-refractivity contribution is 6.01. The maximum absolute atomic E-state index is 14.3. The second kappa shape index (κ2) is 10.7. The predicted octanol–water partition coefficient (Wildman–Crippen LogP) is 8.91. The molecule has 1 aliphatic heterocycles. The number of para-hydroxylation sites is 2. The number of aromatic hydroxyl groups is 1. The summed E-state index contributed by atoms with van der Waals surface area (Å²) in [6.07, 6.45) is 1.94. The molecule has 0 radical (unpaired) electrons. The third-order valence-corrected chi connectivity index (χ3v) is 8.46. The Labute approximate surface area is 244 Å². The van der Waals surface area contributed by atoms with Crippen LogP contribution in [0.4, 0.5) is 15.8 Å². The van der Waals surface area contributed by atoms with Crippen LogP contribution < -0.4 is 10.2 Å². The Morgan fingerprint density at radius 2 is 1.51 bits per heavy atom. The number of nitrogens with zero attached hydrogens (tertiary/aromatic N) is 1. The van der Waals surface area contributed by atoms with Crippen molar-refractivity contribution in [2.75, 3.05) is 16.8 Å². The van der Waals surface area contributed by atoms with Gasteiger partial charge in [-0.25, -0.2) is 4.39 Å². The van der Waals surface area contributed by atoms with Gasteiger partial charge in [0.25, 0.3) is 0 Å². The normalized spacial score (nSPS) is 19.4. The van der Waals surface area contributed by atoms with Crippen molar-refractivity contribution in [3.05, 3.63) is 100 Å². The summed E-state index contributed by atoms with van der Waals surface area (Å²) in [5.74, 6) is 0.136. The average molecular weight is 555 g/mol. The molecule has 3 aromatic rings. The van der Waals surface area contributed by atoms with Crippen molar-refractivity contribution >= 4 is 17.2 Å². The van der Waals surface area contributed by atoms with Crippen LogP contribution in [0.1, 0.15) is 102 Å². The maximum Gasteiger partial charge on any atom is 0.163 e. The minimum atomic E-state index is -0.314. The number of anilines is 2. The standard InChI is InChI=1S/C36H43FN2O2/c1-8-17-39-30-12-10-9-11-28(30)38-29-20-23(22-13-15-25(37)16-14-22)21-31(40)32(29)33(39)24-18-26(35(2,3)4)34(41)27(19-24)36(5,6)7/h9-16,18-19,23,33,38,41H,8,17,20-21H2,1-7H3/t23-,33-/m1/s1. The van der Waals surface area contributed by atoms with Crippen molar-refractivity contribution in [2.45, 2.75) is 90.5 Å². The van der Waals surface area contributed by atoms with Crippen molar-refractivity contribution < 1.29 is 14.3 Å². The molecule has 0 aromatic heterocycles. The number of hydrogen-bond acceptors (Lipinski definition) is 4. The fraction of sp³-hybridized carbons (Fsp3) is 0.417. The molecule has 216 valence electrons. The zero-order chi connectivity index (χ0) is 29.7. The van der Waals surface area contributed by atoms with E-state index < -0.39 is 0 Å². The van der Waals surface area contributed by atoms with Gasteiger partial charge in [-0.3, -0.25) is 4.79 Å². The molecule has 1 aliphatic carbocycles. The van der Waals surface area contributed by atoms with Crippen molar-refractivity contribution in [3.63, 3.8) is 0 Å². The number of rotatable bonds is 4. The molecule has 0 amide bonds. The molecule has 5 rings (SSSR count). The molecule has 2 aliphatic rings. The molecule has 5 heteroatoms. The van der Waals surface area contributed by atoms with E-state index in [1.54, 1.807) is 12.1 Å². The first-order chi connectivity index (χ1) is 19.3. The van der Waals surface area contributed by atoms with Crippen LogP contribution in [0.5, 0.6) is 5.75 Å². The monoisotopic (exact) mass is 554 g/mol. The minimum absolute atomic E-state index is 0.0324. The first-order valence-corrected chi connectivity index (χ1v) is 14.8. The lowest BCUT2D eigenvalue weighted by Gasteiger charge is -2.38. The number of fused-ring (bicyclic) bond motifs is 1. The number of phenolic OH excluding ortho intramolecular Hbond substituents is 1. The Hall–Kier alpha value is -3.60. The molecule has 0 unspecified atom stereocenters. The number of hydrogen-bond donors (Lipinski definition) is 2. The highest BCUT2D eigenvalue weighted by Gasteiger charge is 2.40. The topological polar surface area (TPSA) is 52.6 Å². The van der Waals surface area contributed by atoms with E-state index in [0.717, 1.165) is 57.9 Å². The van der Waals surface area contributed by atoms with Crippen LogP contribution in [0.3, 0.4) is 0 Å². The first-order valence-electron chi connectivity index (χ1n) is 14.8. The lowest BCUT2D eigenvalue weighted by Crippen LogP contribution is -2.35. The SMILES string of the molecule is CCCN1c2ccccc2NC2=C(C(=O)C[C@H](c3ccc(F)cc3)C2)[C@H]1c1cc(C(C)(C)C)c(O)c(C(C)(C)C)c1. The highest BCUT2D eigenvalue weighted by atomic mass is 19.1. The van der Waals surface area contributed by atoms with Crippen LogP contribution in [-0.2, 0) is 15.6 Å². The van der Waals surface area contributed by atoms with Gasteiger partial charge in [-0.2, -0.15) is 0 Å². The highest BCUT2D eigenvalue weighted by Crippen LogP contribution is 2.49. The van der Waals surface area contributed by atoms with Crippen molar-refractivity contribution in [1.29, 1.82) is 0 Å². The summed E-state index contributed by atoms with van der Waals surface area (Å²) in [7, 11) is 0. The summed E-state index contributed by atoms with van der Waals surface area (Å²) in [5.41, 5.74) is 6.93. The fourth-order valence-electron chi connectivity index (χ4n) is 6.42. The lowest BCUT2D eigenvalue weighted by atomic mass is 9.74. The second-order valence-corrected chi connectivity index (χ2v) is 13.7. The zero-order valence-corrected chi connectivity index (χ0v) is 25.4. The van der Waals surface area contributed by atoms with Gasteiger partial charge in [0.15, 0.2) is 5.78 Å². The Morgan fingerprint density at radius 3 is 2.10 bits per heavy atom. The molecule has 2 atom stereocenters. The zero-order valence-electron chi connectivity index (χ0n) is 25.4. The van der Waals surface area contributed by atoms with Gasteiger partial charge in [0.05, 0.1) is 17.4 Å². The summed E-state index contributed by atoms with van der Waals surface area (Å²) >= 11 is 0. The van der Waals surface area contributed by atoms with Crippen molar-refractivity contribution in [3.8, 4) is 5.75 Å². The number of carbonyl (C=O) groups excluding carboxylic acids is 1. The molecule has 4 nitrogen and oxygen atoms in total. The predicted molar refractivity (Wildman–Crippen MR) is 166 cm³/mol. The van der Waals surface area contributed by atoms with Gasteiger partial charge in [0, 0.05) is 24.2 Å². The largest absolute Gasteiger partial charge is 0.507 e. The Kier molecular flexibility index (Phi) is 7.52. The van der Waals surface area contributed by atoms with Crippen LogP contribution in [-0.4, -0.2) is 17.4 Å². The van der Waals surface area contributed by atoms with Crippen LogP contribution >= 0.6 is 0 Å². The molecule has 0 spiro atoms. The first kappa shape index (κ1) is 28.9. The number of carbonyl (C=O) groups is 1. The summed E-state index contributed by atoms with van der Waals surface area (Å²) in [5, 5.41) is 15.2. The van der Waals surface area contributed by atoms with E-state index in [2.05, 4.69) is 82.9 Å². The minimum Gasteiger partial charge on any atom is -0.507 e. The molecule has 2 N–H and O–H groups in total. The summed E-state index contributed by atoms with van der Waals surface area (Å²) < 4.78 is 13.7. The number of nitrogens with one attached hydrogen (secondary N) is 1. The number of halogens is 1. The van der Waals surface area contributed by atoms with Gasteiger partial charge < -0.3 is 15.3 Å². The molecule has 0 fully saturated rings. The molecule has 41 heavy (non-hydrogen) atoms. The van der Waals surface area contributed by atoms with E-state index in [0.29, 0.717) is 18.6 Å².